The number of carbonyl (C=O) groups excluding carboxylic acids is 1. The first-order valence-corrected chi connectivity index (χ1v) is 6.27. The molecular weight excluding hydrogens is 198 g/mol. The fourth-order valence-corrected chi connectivity index (χ4v) is 2.22. The van der Waals surface area contributed by atoms with Crippen LogP contribution < -0.4 is 5.32 Å². The van der Waals surface area contributed by atoms with Gasteiger partial charge in [-0.2, -0.15) is 0 Å². The monoisotopic (exact) mass is 221 g/mol. The number of aldehydes is 1. The van der Waals surface area contributed by atoms with Crippen molar-refractivity contribution in [2.75, 3.05) is 7.05 Å². The molecule has 0 aromatic rings. The van der Waals surface area contributed by atoms with E-state index in [0.29, 0.717) is 0 Å². The van der Waals surface area contributed by atoms with Gasteiger partial charge in [0.1, 0.15) is 6.29 Å². The molecule has 2 heteroatoms. The predicted octanol–water partition coefficient (Wildman–Crippen LogP) is 3.00. The van der Waals surface area contributed by atoms with Gasteiger partial charge in [0.25, 0.3) is 0 Å². The fourth-order valence-electron chi connectivity index (χ4n) is 2.22. The zero-order valence-corrected chi connectivity index (χ0v) is 10.9. The molecule has 1 saturated carbocycles. The SMILES string of the molecule is CC.CNC1(C2=C(C=O)CCC(C)=C2)CC1. The summed E-state index contributed by atoms with van der Waals surface area (Å²) in [7, 11) is 1.99. The summed E-state index contributed by atoms with van der Waals surface area (Å²) in [5, 5.41) is 3.35. The number of allylic oxidation sites excluding steroid dienone is 2. The molecule has 0 aromatic heterocycles. The summed E-state index contributed by atoms with van der Waals surface area (Å²) in [6.45, 7) is 6.15. The third kappa shape index (κ3) is 2.43. The average molecular weight is 221 g/mol. The van der Waals surface area contributed by atoms with E-state index in [4.69, 9.17) is 0 Å². The van der Waals surface area contributed by atoms with Crippen molar-refractivity contribution in [2.24, 2.45) is 0 Å². The number of hydrogen-bond acceptors (Lipinski definition) is 2. The molecule has 2 aliphatic carbocycles. The summed E-state index contributed by atoms with van der Waals surface area (Å²) >= 11 is 0. The van der Waals surface area contributed by atoms with E-state index < -0.39 is 0 Å². The normalized spacial score (nSPS) is 21.9. The molecule has 0 amide bonds. The zero-order chi connectivity index (χ0) is 12.2. The van der Waals surface area contributed by atoms with Gasteiger partial charge in [-0.05, 0) is 50.8 Å². The molecule has 2 nitrogen and oxygen atoms in total. The van der Waals surface area contributed by atoms with Crippen molar-refractivity contribution in [3.8, 4) is 0 Å². The van der Waals surface area contributed by atoms with E-state index in [1.54, 1.807) is 0 Å². The summed E-state index contributed by atoms with van der Waals surface area (Å²) in [6.07, 6.45) is 7.54. The van der Waals surface area contributed by atoms with Gasteiger partial charge in [-0.15, -0.1) is 0 Å². The van der Waals surface area contributed by atoms with E-state index in [1.165, 1.54) is 24.0 Å². The predicted molar refractivity (Wildman–Crippen MR) is 68.5 cm³/mol. The minimum Gasteiger partial charge on any atom is -0.310 e. The Balaban J connectivity index is 0.000000606. The lowest BCUT2D eigenvalue weighted by atomic mass is 9.88. The lowest BCUT2D eigenvalue weighted by Gasteiger charge is -2.22. The largest absolute Gasteiger partial charge is 0.310 e. The summed E-state index contributed by atoms with van der Waals surface area (Å²) in [5.74, 6) is 0. The molecular formula is C14H23NO. The van der Waals surface area contributed by atoms with Crippen LogP contribution in [0.5, 0.6) is 0 Å². The Kier molecular flexibility index (Phi) is 4.48. The average Bonchev–Trinajstić information content (AvgIpc) is 3.12. The quantitative estimate of drug-likeness (QED) is 0.742. The van der Waals surface area contributed by atoms with E-state index in [1.807, 2.05) is 20.9 Å². The Hall–Kier alpha value is -0.890. The van der Waals surface area contributed by atoms with E-state index in [0.717, 1.165) is 24.7 Å². The van der Waals surface area contributed by atoms with Crippen LogP contribution in [-0.4, -0.2) is 18.9 Å². The number of carbonyl (C=O) groups is 1. The summed E-state index contributed by atoms with van der Waals surface area (Å²) in [5.41, 5.74) is 3.78. The summed E-state index contributed by atoms with van der Waals surface area (Å²) in [6, 6.07) is 0. The van der Waals surface area contributed by atoms with Crippen LogP contribution in [-0.2, 0) is 4.79 Å². The third-order valence-electron chi connectivity index (χ3n) is 3.41. The zero-order valence-electron chi connectivity index (χ0n) is 10.9. The molecule has 0 spiro atoms. The fraction of sp³-hybridized carbons (Fsp3) is 0.643. The molecule has 2 aliphatic rings. The molecule has 0 saturated heterocycles. The van der Waals surface area contributed by atoms with Crippen LogP contribution in [0, 0.1) is 0 Å². The molecule has 0 bridgehead atoms. The topological polar surface area (TPSA) is 29.1 Å². The van der Waals surface area contributed by atoms with Crippen LogP contribution >= 0.6 is 0 Å². The van der Waals surface area contributed by atoms with Crippen LogP contribution in [0.3, 0.4) is 0 Å². The Bertz CT molecular complexity index is 322. The van der Waals surface area contributed by atoms with Crippen molar-refractivity contribution < 1.29 is 4.79 Å². The molecule has 16 heavy (non-hydrogen) atoms. The number of likely N-dealkylation sites (N-methyl/N-ethyl adjacent to an activating group) is 1. The Morgan fingerprint density at radius 3 is 2.38 bits per heavy atom. The molecule has 0 aromatic carbocycles. The minimum absolute atomic E-state index is 0.137. The first kappa shape index (κ1) is 13.2. The van der Waals surface area contributed by atoms with Crippen molar-refractivity contribution in [2.45, 2.75) is 52.0 Å². The highest BCUT2D eigenvalue weighted by molar-refractivity contribution is 5.78. The Morgan fingerprint density at radius 2 is 1.94 bits per heavy atom. The van der Waals surface area contributed by atoms with Gasteiger partial charge in [-0.25, -0.2) is 0 Å². The van der Waals surface area contributed by atoms with Gasteiger partial charge >= 0.3 is 0 Å². The van der Waals surface area contributed by atoms with E-state index in [-0.39, 0.29) is 5.54 Å². The van der Waals surface area contributed by atoms with E-state index in [2.05, 4.69) is 18.3 Å². The summed E-state index contributed by atoms with van der Waals surface area (Å²) < 4.78 is 0. The molecule has 0 aliphatic heterocycles. The van der Waals surface area contributed by atoms with Crippen LogP contribution in [0.25, 0.3) is 0 Å². The smallest absolute Gasteiger partial charge is 0.146 e. The van der Waals surface area contributed by atoms with Gasteiger partial charge < -0.3 is 5.32 Å². The molecule has 0 heterocycles. The maximum Gasteiger partial charge on any atom is 0.146 e. The molecule has 1 N–H and O–H groups in total. The summed E-state index contributed by atoms with van der Waals surface area (Å²) in [4.78, 5) is 11.0. The molecule has 0 atom stereocenters. The Labute approximate surface area is 98.8 Å². The van der Waals surface area contributed by atoms with Crippen molar-refractivity contribution in [1.29, 1.82) is 0 Å². The lowest BCUT2D eigenvalue weighted by molar-refractivity contribution is -0.105. The maximum absolute atomic E-state index is 11.0. The van der Waals surface area contributed by atoms with Crippen LogP contribution in [0.15, 0.2) is 22.8 Å². The third-order valence-corrected chi connectivity index (χ3v) is 3.41. The van der Waals surface area contributed by atoms with Crippen molar-refractivity contribution in [1.82, 2.24) is 5.32 Å². The number of nitrogens with one attached hydrogen (secondary N) is 1. The van der Waals surface area contributed by atoms with Crippen LogP contribution in [0.4, 0.5) is 0 Å². The van der Waals surface area contributed by atoms with Crippen LogP contribution in [0.1, 0.15) is 46.5 Å². The minimum atomic E-state index is 0.137. The van der Waals surface area contributed by atoms with Gasteiger partial charge in [-0.1, -0.05) is 25.5 Å². The highest BCUT2D eigenvalue weighted by atomic mass is 16.1. The molecule has 90 valence electrons. The first-order valence-electron chi connectivity index (χ1n) is 6.27. The molecule has 0 unspecified atom stereocenters. The van der Waals surface area contributed by atoms with E-state index in [9.17, 15) is 4.79 Å². The molecule has 1 fully saturated rings. The van der Waals surface area contributed by atoms with Crippen molar-refractivity contribution in [3.63, 3.8) is 0 Å². The number of hydrogen-bond donors (Lipinski definition) is 1. The molecule has 0 radical (unpaired) electrons. The Morgan fingerprint density at radius 1 is 1.31 bits per heavy atom. The van der Waals surface area contributed by atoms with Gasteiger partial charge in [0.2, 0.25) is 0 Å². The molecule has 2 rings (SSSR count). The highest BCUT2D eigenvalue weighted by Crippen LogP contribution is 2.45. The van der Waals surface area contributed by atoms with Gasteiger partial charge in [-0.3, -0.25) is 4.79 Å². The maximum atomic E-state index is 11.0. The first-order chi connectivity index (χ1) is 7.72. The van der Waals surface area contributed by atoms with Crippen molar-refractivity contribution >= 4 is 6.29 Å². The van der Waals surface area contributed by atoms with Crippen molar-refractivity contribution in [3.05, 3.63) is 22.8 Å². The second-order valence-corrected chi connectivity index (χ2v) is 4.38. The van der Waals surface area contributed by atoms with Gasteiger partial charge in [0, 0.05) is 5.54 Å². The lowest BCUT2D eigenvalue weighted by Crippen LogP contribution is -2.31. The van der Waals surface area contributed by atoms with Crippen LogP contribution in [0.2, 0.25) is 0 Å². The number of rotatable bonds is 3. The van der Waals surface area contributed by atoms with E-state index >= 15 is 0 Å². The highest BCUT2D eigenvalue weighted by Gasteiger charge is 2.45. The second-order valence-electron chi connectivity index (χ2n) is 4.38. The van der Waals surface area contributed by atoms with Gasteiger partial charge in [0.05, 0.1) is 0 Å². The standard InChI is InChI=1S/C12H17NO.C2H6/c1-9-3-4-10(8-14)11(7-9)12(13-2)5-6-12;1-2/h7-8,13H,3-6H2,1-2H3;1-2H3. The van der Waals surface area contributed by atoms with Gasteiger partial charge in [0.15, 0.2) is 0 Å². The second kappa shape index (κ2) is 5.44.